The van der Waals surface area contributed by atoms with Crippen LogP contribution in [0.5, 0.6) is 17.2 Å². The molecule has 3 amide bonds. The molecule has 17 heteroatoms. The van der Waals surface area contributed by atoms with Crippen LogP contribution in [0.3, 0.4) is 0 Å². The van der Waals surface area contributed by atoms with Crippen molar-refractivity contribution in [2.24, 2.45) is 4.99 Å². The van der Waals surface area contributed by atoms with Gasteiger partial charge in [0, 0.05) is 11.6 Å². The molecule has 1 saturated heterocycles. The number of hydrogen-bond donors (Lipinski definition) is 1. The van der Waals surface area contributed by atoms with Crippen LogP contribution < -0.4 is 24.4 Å². The van der Waals surface area contributed by atoms with Crippen molar-refractivity contribution in [3.05, 3.63) is 72.6 Å². The number of rotatable bonds is 9. The van der Waals surface area contributed by atoms with Crippen molar-refractivity contribution in [3.63, 3.8) is 0 Å². The summed E-state index contributed by atoms with van der Waals surface area (Å²) in [5, 5.41) is 7.19. The van der Waals surface area contributed by atoms with Gasteiger partial charge in [-0.3, -0.25) is 9.69 Å². The van der Waals surface area contributed by atoms with Crippen molar-refractivity contribution in [3.8, 4) is 34.3 Å². The zero-order valence-electron chi connectivity index (χ0n) is 25.7. The van der Waals surface area contributed by atoms with E-state index in [-0.39, 0.29) is 40.0 Å². The number of benzene rings is 3. The molecule has 1 aliphatic heterocycles. The standard InChI is InChI=1S/C31H27F5N6O5S/c1-17(2)22-11-10-21(45-3)14-24(22)42-26(43)15-48-29(42)39-28(44)38-23-12-5-18(13-25(23)46-4)27-37-16-41(40-27)19-6-8-20(9-7-19)47-31(35,36)30(32,33)34/h5-14,16-17H,15H2,1-4H3,(H,38,44)/b39-29-. The largest absolute Gasteiger partial charge is 0.499 e. The number of carbonyl (C=O) groups excluding carboxylic acids is 2. The average molecular weight is 691 g/mol. The quantitative estimate of drug-likeness (QED) is 0.182. The Balaban J connectivity index is 1.32. The minimum absolute atomic E-state index is 0.0747. The number of thioether (sulfide) groups is 1. The van der Waals surface area contributed by atoms with Crippen molar-refractivity contribution in [2.75, 3.05) is 30.2 Å². The summed E-state index contributed by atoms with van der Waals surface area (Å²) in [4.78, 5) is 35.8. The summed E-state index contributed by atoms with van der Waals surface area (Å²) >= 11 is 1.13. The normalized spacial score (nSPS) is 14.5. The number of anilines is 2. The number of amides is 3. The van der Waals surface area contributed by atoms with E-state index in [0.717, 1.165) is 29.5 Å². The molecule has 0 aliphatic carbocycles. The number of urea groups is 1. The second-order valence-corrected chi connectivity index (χ2v) is 11.4. The molecule has 4 aromatic rings. The van der Waals surface area contributed by atoms with Crippen LogP contribution in [-0.4, -0.2) is 64.1 Å². The molecule has 0 saturated carbocycles. The molecule has 1 aromatic heterocycles. The smallest absolute Gasteiger partial charge is 0.497 e. The lowest BCUT2D eigenvalue weighted by atomic mass is 10.00. The molecular formula is C31H27F5N6O5S. The first kappa shape index (κ1) is 34.2. The molecule has 2 heterocycles. The maximum Gasteiger partial charge on any atom is 0.499 e. The second kappa shape index (κ2) is 13.5. The monoisotopic (exact) mass is 690 g/mol. The number of hydrogen-bond acceptors (Lipinski definition) is 8. The van der Waals surface area contributed by atoms with Crippen LogP contribution in [0.2, 0.25) is 0 Å². The fraction of sp³-hybridized carbons (Fsp3) is 0.258. The molecule has 3 aromatic carbocycles. The van der Waals surface area contributed by atoms with Gasteiger partial charge >= 0.3 is 18.3 Å². The number of ether oxygens (including phenoxy) is 3. The number of methoxy groups -OCH3 is 2. The van der Waals surface area contributed by atoms with Crippen LogP contribution in [0.1, 0.15) is 25.3 Å². The number of halogens is 5. The van der Waals surface area contributed by atoms with Crippen LogP contribution in [0, 0.1) is 0 Å². The predicted molar refractivity (Wildman–Crippen MR) is 168 cm³/mol. The fourth-order valence-electron chi connectivity index (χ4n) is 4.57. The van der Waals surface area contributed by atoms with E-state index >= 15 is 0 Å². The van der Waals surface area contributed by atoms with Crippen LogP contribution in [0.25, 0.3) is 17.1 Å². The predicted octanol–water partition coefficient (Wildman–Crippen LogP) is 7.28. The van der Waals surface area contributed by atoms with E-state index in [9.17, 15) is 31.5 Å². The minimum atomic E-state index is -5.87. The van der Waals surface area contributed by atoms with E-state index < -0.39 is 24.1 Å². The van der Waals surface area contributed by atoms with Gasteiger partial charge < -0.3 is 19.5 Å². The highest BCUT2D eigenvalue weighted by atomic mass is 32.2. The van der Waals surface area contributed by atoms with E-state index in [1.54, 1.807) is 30.3 Å². The molecule has 1 fully saturated rings. The number of nitrogens with zero attached hydrogens (tertiary/aromatic N) is 5. The van der Waals surface area contributed by atoms with Gasteiger partial charge in [0.15, 0.2) is 11.0 Å². The Bertz CT molecular complexity index is 1860. The van der Waals surface area contributed by atoms with Crippen molar-refractivity contribution < 1.29 is 45.8 Å². The van der Waals surface area contributed by atoms with Crippen molar-refractivity contribution in [2.45, 2.75) is 32.1 Å². The van der Waals surface area contributed by atoms with Gasteiger partial charge in [-0.1, -0.05) is 31.7 Å². The van der Waals surface area contributed by atoms with E-state index in [0.29, 0.717) is 22.7 Å². The molecular weight excluding hydrogens is 663 g/mol. The van der Waals surface area contributed by atoms with Gasteiger partial charge in [-0.15, -0.1) is 5.10 Å². The second-order valence-electron chi connectivity index (χ2n) is 10.5. The Kier molecular flexibility index (Phi) is 9.61. The molecule has 48 heavy (non-hydrogen) atoms. The van der Waals surface area contributed by atoms with E-state index in [4.69, 9.17) is 9.47 Å². The summed E-state index contributed by atoms with van der Waals surface area (Å²) in [5.74, 6) is 0.253. The first-order chi connectivity index (χ1) is 22.7. The van der Waals surface area contributed by atoms with Gasteiger partial charge in [0.25, 0.3) is 0 Å². The lowest BCUT2D eigenvalue weighted by molar-refractivity contribution is -0.360. The minimum Gasteiger partial charge on any atom is -0.497 e. The highest BCUT2D eigenvalue weighted by Gasteiger charge is 2.61. The highest BCUT2D eigenvalue weighted by Crippen LogP contribution is 2.38. The Morgan fingerprint density at radius 3 is 2.33 bits per heavy atom. The van der Waals surface area contributed by atoms with Crippen LogP contribution in [-0.2, 0) is 4.79 Å². The third-order valence-corrected chi connectivity index (χ3v) is 7.86. The first-order valence-electron chi connectivity index (χ1n) is 14.1. The lowest BCUT2D eigenvalue weighted by Crippen LogP contribution is -2.41. The van der Waals surface area contributed by atoms with Gasteiger partial charge in [-0.05, 0) is 60.0 Å². The van der Waals surface area contributed by atoms with Crippen LogP contribution >= 0.6 is 11.8 Å². The molecule has 252 valence electrons. The Labute approximate surface area is 274 Å². The summed E-state index contributed by atoms with van der Waals surface area (Å²) in [7, 11) is 2.91. The zero-order valence-corrected chi connectivity index (χ0v) is 26.5. The van der Waals surface area contributed by atoms with Crippen LogP contribution in [0.4, 0.5) is 38.1 Å². The molecule has 0 unspecified atom stereocenters. The van der Waals surface area contributed by atoms with E-state index in [1.807, 2.05) is 19.9 Å². The summed E-state index contributed by atoms with van der Waals surface area (Å²) in [6.45, 7) is 3.98. The Morgan fingerprint density at radius 2 is 1.69 bits per heavy atom. The highest BCUT2D eigenvalue weighted by molar-refractivity contribution is 8.15. The molecule has 11 nitrogen and oxygen atoms in total. The molecule has 0 radical (unpaired) electrons. The number of aliphatic imine (C=N–C) groups is 1. The SMILES string of the molecule is COc1ccc(C(C)C)c(N2C(=O)CS/C2=N\C(=O)Nc2ccc(-c3ncn(-c4ccc(OC(F)(F)C(F)(F)F)cc4)n3)cc2OC)c1. The zero-order chi connectivity index (χ0) is 34.8. The summed E-state index contributed by atoms with van der Waals surface area (Å²) in [6, 6.07) is 13.7. The third-order valence-electron chi connectivity index (χ3n) is 6.93. The number of alkyl halides is 5. The Hall–Kier alpha value is -5.19. The maximum absolute atomic E-state index is 13.2. The van der Waals surface area contributed by atoms with E-state index in [2.05, 4.69) is 25.1 Å². The van der Waals surface area contributed by atoms with Gasteiger partial charge in [0.2, 0.25) is 5.91 Å². The number of carbonyl (C=O) groups is 2. The van der Waals surface area contributed by atoms with Crippen molar-refractivity contribution in [1.29, 1.82) is 0 Å². The maximum atomic E-state index is 13.2. The molecule has 1 aliphatic rings. The summed E-state index contributed by atoms with van der Waals surface area (Å²) in [5.41, 5.74) is 2.50. The van der Waals surface area contributed by atoms with E-state index in [1.165, 1.54) is 42.3 Å². The van der Waals surface area contributed by atoms with Gasteiger partial charge in [-0.25, -0.2) is 14.5 Å². The number of nitrogens with one attached hydrogen (secondary N) is 1. The molecule has 0 spiro atoms. The number of amidine groups is 1. The van der Waals surface area contributed by atoms with Gasteiger partial charge in [0.1, 0.15) is 23.6 Å². The molecule has 1 N–H and O–H groups in total. The summed E-state index contributed by atoms with van der Waals surface area (Å²) < 4.78 is 79.6. The number of aromatic nitrogens is 3. The summed E-state index contributed by atoms with van der Waals surface area (Å²) in [6.07, 6.45) is -9.91. The lowest BCUT2D eigenvalue weighted by Gasteiger charge is -2.22. The van der Waals surface area contributed by atoms with Crippen molar-refractivity contribution >= 4 is 40.2 Å². The fourth-order valence-corrected chi connectivity index (χ4v) is 5.43. The van der Waals surface area contributed by atoms with Crippen LogP contribution in [0.15, 0.2) is 72.0 Å². The van der Waals surface area contributed by atoms with Gasteiger partial charge in [0.05, 0.1) is 37.0 Å². The molecule has 0 bridgehead atoms. The molecule has 0 atom stereocenters. The third kappa shape index (κ3) is 7.20. The average Bonchev–Trinajstić information content (AvgIpc) is 3.67. The first-order valence-corrected chi connectivity index (χ1v) is 15.1. The van der Waals surface area contributed by atoms with Gasteiger partial charge in [-0.2, -0.15) is 26.9 Å². The topological polar surface area (TPSA) is 120 Å². The Morgan fingerprint density at radius 1 is 0.979 bits per heavy atom. The van der Waals surface area contributed by atoms with Crippen molar-refractivity contribution in [1.82, 2.24) is 14.8 Å². The molecule has 5 rings (SSSR count).